The van der Waals surface area contributed by atoms with E-state index in [2.05, 4.69) is 24.8 Å². The van der Waals surface area contributed by atoms with Gasteiger partial charge in [0.05, 0.1) is 20.4 Å². The molecule has 2 aromatic carbocycles. The number of thioether (sulfide) groups is 1. The first-order valence-corrected chi connectivity index (χ1v) is 14.6. The largest absolute Gasteiger partial charge is 0.302 e. The molecule has 0 radical (unpaired) electrons. The maximum absolute atomic E-state index is 13.5. The second-order valence-corrected chi connectivity index (χ2v) is 12.3. The molecule has 0 N–H and O–H groups in total. The molecule has 34 heavy (non-hydrogen) atoms. The van der Waals surface area contributed by atoms with E-state index < -0.39 is 15.1 Å². The number of hydrogen-bond acceptors (Lipinski definition) is 7. The Bertz CT molecular complexity index is 1210. The molecule has 0 atom stereocenters. The number of anilines is 1. The lowest BCUT2D eigenvalue weighted by Gasteiger charge is -2.24. The average molecular weight is 542 g/mol. The minimum Gasteiger partial charge on any atom is -0.302 e. The zero-order chi connectivity index (χ0) is 24.2. The van der Waals surface area contributed by atoms with Crippen molar-refractivity contribution >= 4 is 66.6 Å². The van der Waals surface area contributed by atoms with E-state index in [-0.39, 0.29) is 23.2 Å². The lowest BCUT2D eigenvalue weighted by Crippen LogP contribution is -2.38. The van der Waals surface area contributed by atoms with Gasteiger partial charge in [-0.05, 0) is 75.7 Å². The fourth-order valence-electron chi connectivity index (χ4n) is 3.42. The number of benzene rings is 2. The molecule has 1 amide bonds. The Balaban J connectivity index is 0.00000408. The van der Waals surface area contributed by atoms with E-state index in [9.17, 15) is 13.2 Å². The molecular formula is C24H32ClN3O3S3. The predicted molar refractivity (Wildman–Crippen MR) is 147 cm³/mol. The van der Waals surface area contributed by atoms with E-state index >= 15 is 0 Å². The van der Waals surface area contributed by atoms with Gasteiger partial charge in [0.2, 0.25) is 0 Å². The molecular weight excluding hydrogens is 510 g/mol. The molecule has 0 aliphatic rings. The first-order valence-electron chi connectivity index (χ1n) is 11.0. The second-order valence-electron chi connectivity index (χ2n) is 7.93. The minimum atomic E-state index is -3.39. The molecule has 0 spiro atoms. The summed E-state index contributed by atoms with van der Waals surface area (Å²) in [5.74, 6) is -0.181. The highest BCUT2D eigenvalue weighted by Crippen LogP contribution is 2.32. The Morgan fingerprint density at radius 3 is 2.26 bits per heavy atom. The third-order valence-electron chi connectivity index (χ3n) is 5.65. The number of nitrogens with zero attached hydrogens (tertiary/aromatic N) is 3. The van der Waals surface area contributed by atoms with E-state index in [1.807, 2.05) is 18.4 Å². The zero-order valence-electron chi connectivity index (χ0n) is 20.1. The van der Waals surface area contributed by atoms with Crippen LogP contribution in [0.1, 0.15) is 38.1 Å². The number of sulfone groups is 1. The smallest absolute Gasteiger partial charge is 0.260 e. The van der Waals surface area contributed by atoms with Crippen LogP contribution in [0.15, 0.2) is 52.3 Å². The van der Waals surface area contributed by atoms with Crippen molar-refractivity contribution in [2.45, 2.75) is 42.7 Å². The molecule has 0 aliphatic heterocycles. The maximum atomic E-state index is 13.5. The Kier molecular flexibility index (Phi) is 10.4. The number of amides is 1. The van der Waals surface area contributed by atoms with Crippen LogP contribution in [0, 0.1) is 0 Å². The summed E-state index contributed by atoms with van der Waals surface area (Å²) < 4.78 is 25.9. The third kappa shape index (κ3) is 6.31. The van der Waals surface area contributed by atoms with Gasteiger partial charge in [-0.25, -0.2) is 13.4 Å². The van der Waals surface area contributed by atoms with E-state index in [1.165, 1.54) is 23.5 Å². The summed E-state index contributed by atoms with van der Waals surface area (Å²) in [6.07, 6.45) is 2.03. The van der Waals surface area contributed by atoms with E-state index in [0.29, 0.717) is 17.2 Å². The summed E-state index contributed by atoms with van der Waals surface area (Å²) in [7, 11) is -3.39. The molecule has 0 saturated heterocycles. The van der Waals surface area contributed by atoms with Crippen molar-refractivity contribution in [1.82, 2.24) is 9.88 Å². The first-order chi connectivity index (χ1) is 15.7. The van der Waals surface area contributed by atoms with Crippen molar-refractivity contribution in [1.29, 1.82) is 0 Å². The van der Waals surface area contributed by atoms with Crippen LogP contribution in [0.25, 0.3) is 10.2 Å². The molecule has 0 aliphatic carbocycles. The summed E-state index contributed by atoms with van der Waals surface area (Å²) in [5.41, 5.74) is 1.31. The molecule has 3 aromatic rings. The van der Waals surface area contributed by atoms with Crippen LogP contribution >= 0.6 is 35.5 Å². The Labute approximate surface area is 217 Å². The highest BCUT2D eigenvalue weighted by atomic mass is 35.5. The average Bonchev–Trinajstić information content (AvgIpc) is 3.24. The number of thiazole rings is 1. The normalized spacial score (nSPS) is 11.7. The predicted octanol–water partition coefficient (Wildman–Crippen LogP) is 5.61. The number of carbonyl (C=O) groups is 1. The molecule has 186 valence electrons. The van der Waals surface area contributed by atoms with Crippen molar-refractivity contribution in [3.63, 3.8) is 0 Å². The van der Waals surface area contributed by atoms with Crippen molar-refractivity contribution in [2.24, 2.45) is 0 Å². The molecule has 6 nitrogen and oxygen atoms in total. The first kappa shape index (κ1) is 28.6. The van der Waals surface area contributed by atoms with Gasteiger partial charge in [-0.2, -0.15) is 0 Å². The number of aromatic nitrogens is 1. The molecule has 1 heterocycles. The fourth-order valence-corrected chi connectivity index (χ4v) is 6.02. The monoisotopic (exact) mass is 541 g/mol. The highest BCUT2D eigenvalue weighted by Gasteiger charge is 2.24. The Morgan fingerprint density at radius 1 is 1.06 bits per heavy atom. The highest BCUT2D eigenvalue weighted by molar-refractivity contribution is 7.98. The fraction of sp³-hybridized carbons (Fsp3) is 0.417. The van der Waals surface area contributed by atoms with E-state index in [1.54, 1.807) is 42.6 Å². The minimum absolute atomic E-state index is 0. The van der Waals surface area contributed by atoms with Crippen LogP contribution < -0.4 is 4.90 Å². The number of halogens is 1. The van der Waals surface area contributed by atoms with Crippen LogP contribution in [0.4, 0.5) is 5.13 Å². The van der Waals surface area contributed by atoms with Gasteiger partial charge in [0, 0.05) is 23.5 Å². The summed E-state index contributed by atoms with van der Waals surface area (Å²) >= 11 is 3.17. The quantitative estimate of drug-likeness (QED) is 0.311. The van der Waals surface area contributed by atoms with Crippen LogP contribution in [0.2, 0.25) is 0 Å². The number of hydrogen-bond donors (Lipinski definition) is 0. The molecule has 0 fully saturated rings. The van der Waals surface area contributed by atoms with Gasteiger partial charge in [-0.1, -0.05) is 25.2 Å². The van der Waals surface area contributed by atoms with Gasteiger partial charge in [0.15, 0.2) is 15.0 Å². The second kappa shape index (κ2) is 12.4. The standard InChI is InChI=1S/C24H31N3O3S3.ClH/c1-6-26(7-2)14-15-27(24-25-21-13-10-19(31-5)16-22(21)32-24)23(28)18-8-11-20(12-9-18)33(29,30)17(3)4;/h8-13,16-17H,6-7,14-15H2,1-5H3;1H. The summed E-state index contributed by atoms with van der Waals surface area (Å²) in [5, 5.41) is 0.137. The van der Waals surface area contributed by atoms with Crippen LogP contribution in [-0.4, -0.2) is 61.9 Å². The molecule has 0 bridgehead atoms. The molecule has 3 rings (SSSR count). The lowest BCUT2D eigenvalue weighted by molar-refractivity contribution is 0.0983. The van der Waals surface area contributed by atoms with Gasteiger partial charge in [-0.15, -0.1) is 24.2 Å². The number of fused-ring (bicyclic) bond motifs is 1. The number of carbonyl (C=O) groups excluding carboxylic acids is 1. The van der Waals surface area contributed by atoms with E-state index in [4.69, 9.17) is 4.98 Å². The lowest BCUT2D eigenvalue weighted by atomic mass is 10.2. The van der Waals surface area contributed by atoms with Crippen molar-refractivity contribution in [2.75, 3.05) is 37.3 Å². The molecule has 0 unspecified atom stereocenters. The van der Waals surface area contributed by atoms with Crippen LogP contribution in [0.3, 0.4) is 0 Å². The topological polar surface area (TPSA) is 70.6 Å². The van der Waals surface area contributed by atoms with Crippen LogP contribution in [-0.2, 0) is 9.84 Å². The summed E-state index contributed by atoms with van der Waals surface area (Å²) in [6, 6.07) is 12.4. The SMILES string of the molecule is CCN(CC)CCN(C(=O)c1ccc(S(=O)(=O)C(C)C)cc1)c1nc2ccc(SC)cc2s1.Cl. The molecule has 0 saturated carbocycles. The van der Waals surface area contributed by atoms with Gasteiger partial charge in [0.25, 0.3) is 5.91 Å². The molecule has 10 heteroatoms. The summed E-state index contributed by atoms with van der Waals surface area (Å²) in [4.78, 5) is 23.7. The van der Waals surface area contributed by atoms with Gasteiger partial charge in [0.1, 0.15) is 0 Å². The van der Waals surface area contributed by atoms with Crippen LogP contribution in [0.5, 0.6) is 0 Å². The van der Waals surface area contributed by atoms with Gasteiger partial charge < -0.3 is 4.90 Å². The van der Waals surface area contributed by atoms with Crippen molar-refractivity contribution in [3.8, 4) is 0 Å². The maximum Gasteiger partial charge on any atom is 0.260 e. The van der Waals surface area contributed by atoms with E-state index in [0.717, 1.165) is 34.7 Å². The van der Waals surface area contributed by atoms with Crippen molar-refractivity contribution < 1.29 is 13.2 Å². The number of likely N-dealkylation sites (N-methyl/N-ethyl adjacent to an activating group) is 1. The van der Waals surface area contributed by atoms with Crippen molar-refractivity contribution in [3.05, 3.63) is 48.0 Å². The zero-order valence-corrected chi connectivity index (χ0v) is 23.4. The van der Waals surface area contributed by atoms with Gasteiger partial charge in [-0.3, -0.25) is 9.69 Å². The molecule has 1 aromatic heterocycles. The Hall–Kier alpha value is -1.65. The summed E-state index contributed by atoms with van der Waals surface area (Å²) in [6.45, 7) is 10.5. The van der Waals surface area contributed by atoms with Gasteiger partial charge >= 0.3 is 0 Å². The third-order valence-corrected chi connectivity index (χ3v) is 9.58. The number of rotatable bonds is 10. The Morgan fingerprint density at radius 2 is 1.71 bits per heavy atom.